The third kappa shape index (κ3) is 5.23. The molecule has 0 unspecified atom stereocenters. The lowest BCUT2D eigenvalue weighted by atomic mass is 9.89. The van der Waals surface area contributed by atoms with Crippen molar-refractivity contribution in [3.05, 3.63) is 87.8 Å². The number of hydrogen-bond donors (Lipinski definition) is 3. The number of carboxylic acids is 1. The molecule has 4 rings (SSSR count). The zero-order chi connectivity index (χ0) is 24.3. The second-order valence-electron chi connectivity index (χ2n) is 8.67. The molecule has 0 saturated heterocycles. The van der Waals surface area contributed by atoms with Crippen LogP contribution >= 0.6 is 12.2 Å². The van der Waals surface area contributed by atoms with Gasteiger partial charge in [0.05, 0.1) is 10.6 Å². The van der Waals surface area contributed by atoms with Crippen LogP contribution in [0.2, 0.25) is 0 Å². The highest BCUT2D eigenvalue weighted by Gasteiger charge is 2.23. The largest absolute Gasteiger partial charge is 0.508 e. The van der Waals surface area contributed by atoms with Crippen LogP contribution < -0.4 is 20.5 Å². The highest BCUT2D eigenvalue weighted by atomic mass is 32.1. The van der Waals surface area contributed by atoms with Gasteiger partial charge in [0.1, 0.15) is 17.2 Å². The molecule has 170 valence electrons. The fourth-order valence-corrected chi connectivity index (χ4v) is 3.48. The standard InChI is InChI=1S/C21H14O4.C6H13NS/c1-12-6-8-16-18(10-12)25-19-11-13(22)7-9-17(19)20(16)14-4-2-3-5-15(14)21(23)24;1-6(2,3)5(8)7-4/h2-11,22H,1H2,(H,23,24);1-4H3,(H,7,8). The summed E-state index contributed by atoms with van der Waals surface area (Å²) in [6.45, 7) is 10.2. The van der Waals surface area contributed by atoms with Gasteiger partial charge < -0.3 is 20.3 Å². The van der Waals surface area contributed by atoms with Crippen LogP contribution in [0.25, 0.3) is 12.2 Å². The van der Waals surface area contributed by atoms with Crippen LogP contribution in [0.3, 0.4) is 0 Å². The molecule has 0 fully saturated rings. The summed E-state index contributed by atoms with van der Waals surface area (Å²) in [5.41, 5.74) is 2.43. The third-order valence-corrected chi connectivity index (χ3v) is 5.92. The number of thiocarbonyl (C=S) groups is 1. The molecule has 1 aliphatic heterocycles. The minimum Gasteiger partial charge on any atom is -0.508 e. The maximum atomic E-state index is 11.7. The highest BCUT2D eigenvalue weighted by molar-refractivity contribution is 7.80. The van der Waals surface area contributed by atoms with E-state index in [1.54, 1.807) is 42.5 Å². The number of fused-ring (bicyclic) bond motifs is 2. The monoisotopic (exact) mass is 461 g/mol. The van der Waals surface area contributed by atoms with Gasteiger partial charge in [-0.05, 0) is 35.0 Å². The van der Waals surface area contributed by atoms with E-state index < -0.39 is 5.97 Å². The number of rotatable bonds is 2. The molecule has 3 N–H and O–H groups in total. The first-order valence-corrected chi connectivity index (χ1v) is 10.8. The molecule has 3 aromatic rings. The van der Waals surface area contributed by atoms with E-state index in [9.17, 15) is 15.0 Å². The second kappa shape index (κ2) is 9.46. The Bertz CT molecular complexity index is 1340. The summed E-state index contributed by atoms with van der Waals surface area (Å²) in [4.78, 5) is 12.6. The number of phenols is 1. The molecule has 3 aromatic carbocycles. The Labute approximate surface area is 198 Å². The van der Waals surface area contributed by atoms with E-state index in [1.807, 2.05) is 19.2 Å². The van der Waals surface area contributed by atoms with Crippen molar-refractivity contribution in [3.63, 3.8) is 0 Å². The number of hydrogen-bond acceptors (Lipinski definition) is 4. The van der Waals surface area contributed by atoms with Gasteiger partial charge in [-0.2, -0.15) is 0 Å². The van der Waals surface area contributed by atoms with Crippen LogP contribution in [-0.4, -0.2) is 28.2 Å². The Morgan fingerprint density at radius 2 is 1.70 bits per heavy atom. The van der Waals surface area contributed by atoms with E-state index in [2.05, 4.69) is 32.7 Å². The molecule has 0 spiro atoms. The van der Waals surface area contributed by atoms with Crippen LogP contribution in [0.5, 0.6) is 17.2 Å². The number of phenolic OH excluding ortho intramolecular Hbond substituents is 1. The lowest BCUT2D eigenvalue weighted by Crippen LogP contribution is -2.29. The van der Waals surface area contributed by atoms with Crippen molar-refractivity contribution in [1.82, 2.24) is 5.32 Å². The van der Waals surface area contributed by atoms with Crippen molar-refractivity contribution in [2.45, 2.75) is 20.8 Å². The Hall–Kier alpha value is -3.64. The first-order valence-electron chi connectivity index (χ1n) is 10.4. The Morgan fingerprint density at radius 1 is 1.00 bits per heavy atom. The van der Waals surface area contributed by atoms with E-state index in [0.717, 1.165) is 26.6 Å². The van der Waals surface area contributed by atoms with Crippen LogP contribution in [0.4, 0.5) is 0 Å². The molecule has 1 aliphatic rings. The SMILES string of the molecule is C=c1ccc2c(c1)Oc1cc(O)ccc1C=2c1ccccc1C(=O)O.CNC(=S)C(C)(C)C. The van der Waals surface area contributed by atoms with E-state index >= 15 is 0 Å². The molecule has 6 heteroatoms. The number of carboxylic acid groups (broad SMARTS) is 1. The van der Waals surface area contributed by atoms with Gasteiger partial charge in [0.2, 0.25) is 0 Å². The molecule has 0 saturated carbocycles. The molecular formula is C27H27NO4S. The second-order valence-corrected chi connectivity index (χ2v) is 9.08. The number of carbonyl (C=O) groups is 1. The predicted octanol–water partition coefficient (Wildman–Crippen LogP) is 4.43. The van der Waals surface area contributed by atoms with E-state index in [1.165, 1.54) is 6.07 Å². The molecule has 33 heavy (non-hydrogen) atoms. The average Bonchev–Trinajstić information content (AvgIpc) is 2.76. The van der Waals surface area contributed by atoms with Gasteiger partial charge in [0.15, 0.2) is 0 Å². The molecule has 0 aliphatic carbocycles. The smallest absolute Gasteiger partial charge is 0.336 e. The molecule has 0 bridgehead atoms. The Morgan fingerprint density at radius 3 is 2.30 bits per heavy atom. The van der Waals surface area contributed by atoms with Crippen molar-refractivity contribution in [2.75, 3.05) is 7.05 Å². The average molecular weight is 462 g/mol. The molecular weight excluding hydrogens is 434 g/mol. The van der Waals surface area contributed by atoms with Crippen molar-refractivity contribution in [3.8, 4) is 17.2 Å². The normalized spacial score (nSPS) is 11.8. The molecule has 1 heterocycles. The van der Waals surface area contributed by atoms with Gasteiger partial charge in [-0.15, -0.1) is 0 Å². The molecule has 5 nitrogen and oxygen atoms in total. The fraction of sp³-hybridized carbons (Fsp3) is 0.185. The number of aromatic carboxylic acids is 1. The predicted molar refractivity (Wildman–Crippen MR) is 136 cm³/mol. The maximum Gasteiger partial charge on any atom is 0.336 e. The summed E-state index contributed by atoms with van der Waals surface area (Å²) in [5, 5.41) is 23.9. The zero-order valence-electron chi connectivity index (χ0n) is 19.1. The van der Waals surface area contributed by atoms with E-state index in [0.29, 0.717) is 17.1 Å². The fourth-order valence-electron chi connectivity index (χ4n) is 3.48. The quantitative estimate of drug-likeness (QED) is 0.383. The summed E-state index contributed by atoms with van der Waals surface area (Å²) < 4.78 is 5.92. The number of ether oxygens (including phenoxy) is 1. The number of aromatic hydroxyl groups is 1. The third-order valence-electron chi connectivity index (χ3n) is 5.10. The molecule has 0 aromatic heterocycles. The lowest BCUT2D eigenvalue weighted by Gasteiger charge is -2.22. The number of benzene rings is 3. The van der Waals surface area contributed by atoms with Crippen LogP contribution in [0.15, 0.2) is 60.7 Å². The molecule has 0 amide bonds. The van der Waals surface area contributed by atoms with Crippen LogP contribution in [0, 0.1) is 5.41 Å². The lowest BCUT2D eigenvalue weighted by molar-refractivity contribution is 0.0696. The van der Waals surface area contributed by atoms with Gasteiger partial charge >= 0.3 is 5.97 Å². The van der Waals surface area contributed by atoms with Crippen LogP contribution in [-0.2, 0) is 0 Å². The van der Waals surface area contributed by atoms with Gasteiger partial charge in [-0.1, -0.05) is 69.9 Å². The van der Waals surface area contributed by atoms with Gasteiger partial charge in [0.25, 0.3) is 0 Å². The van der Waals surface area contributed by atoms with Crippen molar-refractivity contribution >= 4 is 35.3 Å². The summed E-state index contributed by atoms with van der Waals surface area (Å²) in [6, 6.07) is 17.2. The zero-order valence-corrected chi connectivity index (χ0v) is 19.9. The van der Waals surface area contributed by atoms with Crippen molar-refractivity contribution in [2.24, 2.45) is 5.41 Å². The topological polar surface area (TPSA) is 78.8 Å². The summed E-state index contributed by atoms with van der Waals surface area (Å²) in [7, 11) is 1.85. The summed E-state index contributed by atoms with van der Waals surface area (Å²) >= 11 is 4.98. The van der Waals surface area contributed by atoms with Crippen molar-refractivity contribution < 1.29 is 19.7 Å². The van der Waals surface area contributed by atoms with Crippen LogP contribution in [0.1, 0.15) is 42.3 Å². The molecule has 0 radical (unpaired) electrons. The van der Waals surface area contributed by atoms with E-state index in [4.69, 9.17) is 17.0 Å². The minimum absolute atomic E-state index is 0.0823. The summed E-state index contributed by atoms with van der Waals surface area (Å²) in [6.07, 6.45) is 0. The van der Waals surface area contributed by atoms with Crippen molar-refractivity contribution in [1.29, 1.82) is 0 Å². The van der Waals surface area contributed by atoms with Gasteiger partial charge in [0, 0.05) is 34.9 Å². The summed E-state index contributed by atoms with van der Waals surface area (Å²) in [5.74, 6) is 0.151. The first-order chi connectivity index (χ1) is 15.5. The first kappa shape index (κ1) is 24.0. The van der Waals surface area contributed by atoms with E-state index in [-0.39, 0.29) is 16.7 Å². The molecule has 0 atom stereocenters. The number of nitrogens with one attached hydrogen (secondary N) is 1. The maximum absolute atomic E-state index is 11.7. The van der Waals surface area contributed by atoms with Gasteiger partial charge in [-0.25, -0.2) is 4.79 Å². The van der Waals surface area contributed by atoms with Gasteiger partial charge in [-0.3, -0.25) is 0 Å². The Kier molecular flexibility index (Phi) is 6.89. The highest BCUT2D eigenvalue weighted by Crippen LogP contribution is 2.38. The Balaban J connectivity index is 0.000000331. The minimum atomic E-state index is -0.995.